The van der Waals surface area contributed by atoms with Gasteiger partial charge in [-0.2, -0.15) is 0 Å². The maximum atomic E-state index is 11.0. The highest BCUT2D eigenvalue weighted by molar-refractivity contribution is 5.67. The fourth-order valence-corrected chi connectivity index (χ4v) is 2.93. The maximum absolute atomic E-state index is 11.0. The van der Waals surface area contributed by atoms with E-state index in [1.807, 2.05) is 0 Å². The van der Waals surface area contributed by atoms with Crippen molar-refractivity contribution in [1.82, 2.24) is 0 Å². The van der Waals surface area contributed by atoms with Crippen molar-refractivity contribution in [3.63, 3.8) is 0 Å². The first kappa shape index (κ1) is 24.1. The SMILES string of the molecule is CCCC/C=C/CCCC[N+](CCC(=O)[O-])(CCC(=O)O)CCC(=O)O. The number of quaternary nitrogens is 1. The van der Waals surface area contributed by atoms with Gasteiger partial charge in [-0.1, -0.05) is 31.9 Å². The van der Waals surface area contributed by atoms with Gasteiger partial charge in [0.05, 0.1) is 39.0 Å². The minimum atomic E-state index is -1.20. The first-order valence-corrected chi connectivity index (χ1v) is 9.45. The smallest absolute Gasteiger partial charge is 0.309 e. The minimum Gasteiger partial charge on any atom is -0.550 e. The first-order valence-electron chi connectivity index (χ1n) is 9.45. The second kappa shape index (κ2) is 14.3. The summed E-state index contributed by atoms with van der Waals surface area (Å²) in [6.07, 6.45) is 9.92. The molecule has 0 saturated carbocycles. The van der Waals surface area contributed by atoms with Crippen LogP contribution in [-0.4, -0.2) is 58.8 Å². The molecule has 0 atom stereocenters. The number of carboxylic acid groups (broad SMARTS) is 3. The van der Waals surface area contributed by atoms with Gasteiger partial charge in [-0.05, 0) is 25.7 Å². The third kappa shape index (κ3) is 13.4. The summed E-state index contributed by atoms with van der Waals surface area (Å²) in [7, 11) is 0. The zero-order valence-electron chi connectivity index (χ0n) is 15.8. The summed E-state index contributed by atoms with van der Waals surface area (Å²) in [5, 5.41) is 28.8. The molecule has 0 radical (unpaired) electrons. The fourth-order valence-electron chi connectivity index (χ4n) is 2.93. The molecule has 0 amide bonds. The number of rotatable bonds is 17. The van der Waals surface area contributed by atoms with Gasteiger partial charge >= 0.3 is 11.9 Å². The Labute approximate surface area is 155 Å². The van der Waals surface area contributed by atoms with Crippen molar-refractivity contribution >= 4 is 17.9 Å². The molecular formula is C19H33NO6. The topological polar surface area (TPSA) is 115 Å². The van der Waals surface area contributed by atoms with Gasteiger partial charge in [0.2, 0.25) is 0 Å². The molecule has 0 heterocycles. The molecule has 0 spiro atoms. The van der Waals surface area contributed by atoms with Gasteiger partial charge in [-0.25, -0.2) is 0 Å². The number of aliphatic carboxylic acids is 3. The number of carboxylic acids is 3. The lowest BCUT2D eigenvalue weighted by atomic mass is 10.1. The van der Waals surface area contributed by atoms with Gasteiger partial charge in [-0.15, -0.1) is 0 Å². The van der Waals surface area contributed by atoms with E-state index < -0.39 is 17.9 Å². The Bertz CT molecular complexity index is 415. The van der Waals surface area contributed by atoms with Crippen LogP contribution in [0.15, 0.2) is 12.2 Å². The second-order valence-corrected chi connectivity index (χ2v) is 6.75. The molecule has 0 aromatic carbocycles. The van der Waals surface area contributed by atoms with Crippen molar-refractivity contribution in [2.75, 3.05) is 26.2 Å². The molecule has 7 heteroatoms. The Morgan fingerprint density at radius 2 is 1.31 bits per heavy atom. The number of hydrogen-bond donors (Lipinski definition) is 2. The Morgan fingerprint density at radius 1 is 0.808 bits per heavy atom. The van der Waals surface area contributed by atoms with E-state index in [0.29, 0.717) is 6.54 Å². The summed E-state index contributed by atoms with van der Waals surface area (Å²) in [6.45, 7) is 3.41. The number of allylic oxidation sites excluding steroid dienone is 2. The number of unbranched alkanes of at least 4 members (excludes halogenated alkanes) is 4. The number of hydrogen-bond acceptors (Lipinski definition) is 4. The zero-order valence-corrected chi connectivity index (χ0v) is 15.8. The van der Waals surface area contributed by atoms with E-state index in [4.69, 9.17) is 10.2 Å². The van der Waals surface area contributed by atoms with E-state index >= 15 is 0 Å². The van der Waals surface area contributed by atoms with Crippen molar-refractivity contribution in [1.29, 1.82) is 0 Å². The second-order valence-electron chi connectivity index (χ2n) is 6.75. The lowest BCUT2D eigenvalue weighted by Gasteiger charge is -2.38. The third-order valence-electron chi connectivity index (χ3n) is 4.53. The molecule has 7 nitrogen and oxygen atoms in total. The first-order chi connectivity index (χ1) is 12.3. The van der Waals surface area contributed by atoms with Crippen LogP contribution in [0.4, 0.5) is 0 Å². The standard InChI is InChI=1S/C19H33NO6/c1-2-3-4-5-6-7-8-9-13-20(14-10-17(21)22,15-11-18(23)24)16-12-19(25)26/h5-6H,2-4,7-16H2,1H3,(H2-,21,22,23,24,25,26)/b6-5+. The summed E-state index contributed by atoms with van der Waals surface area (Å²) in [5.74, 6) is -3.12. The lowest BCUT2D eigenvalue weighted by Crippen LogP contribution is -2.53. The molecule has 0 aliphatic rings. The van der Waals surface area contributed by atoms with Crippen molar-refractivity contribution in [2.45, 2.75) is 64.7 Å². The predicted molar refractivity (Wildman–Crippen MR) is 96.4 cm³/mol. The van der Waals surface area contributed by atoms with Gasteiger partial charge < -0.3 is 24.6 Å². The Balaban J connectivity index is 4.71. The van der Waals surface area contributed by atoms with Crippen LogP contribution in [0, 0.1) is 0 Å². The van der Waals surface area contributed by atoms with Crippen molar-refractivity contribution < 1.29 is 34.2 Å². The highest BCUT2D eigenvalue weighted by Gasteiger charge is 2.28. The van der Waals surface area contributed by atoms with Crippen LogP contribution < -0.4 is 5.11 Å². The molecule has 0 unspecified atom stereocenters. The molecule has 150 valence electrons. The van der Waals surface area contributed by atoms with Crippen LogP contribution in [0.1, 0.15) is 64.7 Å². The third-order valence-corrected chi connectivity index (χ3v) is 4.53. The summed E-state index contributed by atoms with van der Waals surface area (Å²) in [4.78, 5) is 32.8. The predicted octanol–water partition coefficient (Wildman–Crippen LogP) is 1.81. The quantitative estimate of drug-likeness (QED) is 0.229. The average Bonchev–Trinajstić information content (AvgIpc) is 2.57. The van der Waals surface area contributed by atoms with Crippen LogP contribution in [0.5, 0.6) is 0 Å². The van der Waals surface area contributed by atoms with E-state index in [-0.39, 0.29) is 43.4 Å². The molecule has 0 aliphatic heterocycles. The highest BCUT2D eigenvalue weighted by atomic mass is 16.4. The molecular weight excluding hydrogens is 338 g/mol. The maximum Gasteiger partial charge on any atom is 0.309 e. The summed E-state index contributed by atoms with van der Waals surface area (Å²) < 4.78 is 0.201. The Kier molecular flexibility index (Phi) is 13.3. The van der Waals surface area contributed by atoms with E-state index in [9.17, 15) is 19.5 Å². The fraction of sp³-hybridized carbons (Fsp3) is 0.737. The van der Waals surface area contributed by atoms with Crippen molar-refractivity contribution in [2.24, 2.45) is 0 Å². The molecule has 0 aromatic rings. The number of carbonyl (C=O) groups is 3. The molecule has 0 bridgehead atoms. The van der Waals surface area contributed by atoms with Crippen molar-refractivity contribution in [3.05, 3.63) is 12.2 Å². The molecule has 0 aliphatic carbocycles. The molecule has 26 heavy (non-hydrogen) atoms. The molecule has 0 fully saturated rings. The summed E-state index contributed by atoms with van der Waals surface area (Å²) in [6, 6.07) is 0. The minimum absolute atomic E-state index is 0.108. The van der Waals surface area contributed by atoms with E-state index in [1.165, 1.54) is 6.42 Å². The Morgan fingerprint density at radius 3 is 1.77 bits per heavy atom. The number of carbonyl (C=O) groups excluding carboxylic acids is 1. The molecule has 0 rings (SSSR count). The van der Waals surface area contributed by atoms with Crippen molar-refractivity contribution in [3.8, 4) is 0 Å². The average molecular weight is 371 g/mol. The molecule has 2 N–H and O–H groups in total. The van der Waals surface area contributed by atoms with Gasteiger partial charge in [0.25, 0.3) is 0 Å². The molecule has 0 aromatic heterocycles. The number of nitrogens with zero attached hydrogens (tertiary/aromatic N) is 1. The van der Waals surface area contributed by atoms with E-state index in [1.54, 1.807) is 0 Å². The lowest BCUT2D eigenvalue weighted by molar-refractivity contribution is -0.927. The summed E-state index contributed by atoms with van der Waals surface area (Å²) in [5.41, 5.74) is 0. The normalized spacial score (nSPS) is 11.7. The highest BCUT2D eigenvalue weighted by Crippen LogP contribution is 2.15. The van der Waals surface area contributed by atoms with Gasteiger partial charge in [0.1, 0.15) is 0 Å². The molecule has 0 saturated heterocycles. The van der Waals surface area contributed by atoms with Crippen LogP contribution in [-0.2, 0) is 14.4 Å². The van der Waals surface area contributed by atoms with Crippen LogP contribution >= 0.6 is 0 Å². The monoisotopic (exact) mass is 371 g/mol. The summed E-state index contributed by atoms with van der Waals surface area (Å²) >= 11 is 0. The van der Waals surface area contributed by atoms with Crippen LogP contribution in [0.25, 0.3) is 0 Å². The largest absolute Gasteiger partial charge is 0.550 e. The van der Waals surface area contributed by atoms with Gasteiger partial charge in [0.15, 0.2) is 0 Å². The van der Waals surface area contributed by atoms with Crippen LogP contribution in [0.3, 0.4) is 0 Å². The van der Waals surface area contributed by atoms with E-state index in [2.05, 4.69) is 19.1 Å². The van der Waals surface area contributed by atoms with E-state index in [0.717, 1.165) is 32.1 Å². The van der Waals surface area contributed by atoms with Crippen LogP contribution in [0.2, 0.25) is 0 Å². The van der Waals surface area contributed by atoms with Gasteiger partial charge in [-0.3, -0.25) is 9.59 Å². The van der Waals surface area contributed by atoms with Gasteiger partial charge in [0, 0.05) is 12.4 Å². The Hall–Kier alpha value is -1.89. The zero-order chi connectivity index (χ0) is 19.8.